The highest BCUT2D eigenvalue weighted by atomic mass is 16.5. The third-order valence-corrected chi connectivity index (χ3v) is 3.85. The maximum atomic E-state index is 12.2. The summed E-state index contributed by atoms with van der Waals surface area (Å²) in [5.74, 6) is -0.0859. The number of hydrogen-bond acceptors (Lipinski definition) is 5. The molecule has 0 spiro atoms. The van der Waals surface area contributed by atoms with Crippen LogP contribution in [0.5, 0.6) is 0 Å². The molecule has 1 fully saturated rings. The number of amides is 1. The molecule has 1 aliphatic rings. The molecule has 0 bridgehead atoms. The number of carbonyl (C=O) groups excluding carboxylic acids is 1. The number of aromatic nitrogens is 2. The van der Waals surface area contributed by atoms with Crippen molar-refractivity contribution < 1.29 is 14.6 Å². The Kier molecular flexibility index (Phi) is 5.33. The quantitative estimate of drug-likeness (QED) is 0.808. The van der Waals surface area contributed by atoms with Gasteiger partial charge in [0.1, 0.15) is 0 Å². The Morgan fingerprint density at radius 3 is 2.90 bits per heavy atom. The van der Waals surface area contributed by atoms with Crippen molar-refractivity contribution in [2.45, 2.75) is 33.4 Å². The van der Waals surface area contributed by atoms with E-state index >= 15 is 0 Å². The van der Waals surface area contributed by atoms with Crippen molar-refractivity contribution in [2.24, 2.45) is 0 Å². The van der Waals surface area contributed by atoms with E-state index in [1.807, 2.05) is 30.4 Å². The van der Waals surface area contributed by atoms with E-state index in [0.29, 0.717) is 19.8 Å². The summed E-state index contributed by atoms with van der Waals surface area (Å²) in [5, 5.41) is 16.6. The third-order valence-electron chi connectivity index (χ3n) is 3.85. The molecule has 2 N–H and O–H groups in total. The molecule has 1 aromatic rings. The first-order valence-corrected chi connectivity index (χ1v) is 7.33. The summed E-state index contributed by atoms with van der Waals surface area (Å²) in [7, 11) is 0. The number of ether oxygens (including phenoxy) is 1. The Labute approximate surface area is 124 Å². The molecule has 0 aromatic carbocycles. The Balaban J connectivity index is 2.00. The van der Waals surface area contributed by atoms with Crippen LogP contribution in [0.2, 0.25) is 0 Å². The Hall–Kier alpha value is -1.44. The van der Waals surface area contributed by atoms with Crippen molar-refractivity contribution in [3.05, 3.63) is 11.4 Å². The van der Waals surface area contributed by atoms with Crippen molar-refractivity contribution in [2.75, 3.05) is 38.2 Å². The number of aliphatic hydroxyl groups is 1. The van der Waals surface area contributed by atoms with E-state index in [-0.39, 0.29) is 25.1 Å². The maximum absolute atomic E-state index is 12.2. The lowest BCUT2D eigenvalue weighted by molar-refractivity contribution is -0.120. The minimum atomic E-state index is -0.106. The number of aryl methyl sites for hydroxylation is 2. The van der Waals surface area contributed by atoms with Gasteiger partial charge < -0.3 is 15.2 Å². The van der Waals surface area contributed by atoms with E-state index in [1.54, 1.807) is 0 Å². The molecule has 0 unspecified atom stereocenters. The van der Waals surface area contributed by atoms with Crippen molar-refractivity contribution in [1.82, 2.24) is 14.7 Å². The van der Waals surface area contributed by atoms with Gasteiger partial charge in [0, 0.05) is 13.1 Å². The molecular formula is C14H24N4O3. The normalized spacial score (nSPS) is 19.7. The lowest BCUT2D eigenvalue weighted by Crippen LogP contribution is -2.50. The number of anilines is 1. The number of nitrogens with one attached hydrogen (secondary N) is 1. The van der Waals surface area contributed by atoms with Gasteiger partial charge in [-0.3, -0.25) is 14.4 Å². The van der Waals surface area contributed by atoms with Gasteiger partial charge >= 0.3 is 0 Å². The zero-order valence-corrected chi connectivity index (χ0v) is 12.9. The van der Waals surface area contributed by atoms with Crippen LogP contribution in [0.1, 0.15) is 18.3 Å². The molecule has 1 saturated heterocycles. The lowest BCUT2D eigenvalue weighted by Gasteiger charge is -2.33. The second-order valence-corrected chi connectivity index (χ2v) is 5.29. The minimum Gasteiger partial charge on any atom is -0.395 e. The van der Waals surface area contributed by atoms with Crippen molar-refractivity contribution >= 4 is 11.6 Å². The predicted molar refractivity (Wildman–Crippen MR) is 79.3 cm³/mol. The number of morpholine rings is 1. The predicted octanol–water partition coefficient (Wildman–Crippen LogP) is 0.151. The largest absolute Gasteiger partial charge is 0.395 e. The van der Waals surface area contributed by atoms with Crippen LogP contribution in [0.3, 0.4) is 0 Å². The van der Waals surface area contributed by atoms with Gasteiger partial charge in [-0.25, -0.2) is 0 Å². The first kappa shape index (κ1) is 15.9. The van der Waals surface area contributed by atoms with Gasteiger partial charge in [0.15, 0.2) is 0 Å². The molecular weight excluding hydrogens is 272 g/mol. The summed E-state index contributed by atoms with van der Waals surface area (Å²) < 4.78 is 7.18. The number of aliphatic hydroxyl groups excluding tert-OH is 1. The third kappa shape index (κ3) is 3.61. The second-order valence-electron chi connectivity index (χ2n) is 5.29. The molecule has 2 heterocycles. The zero-order chi connectivity index (χ0) is 15.4. The van der Waals surface area contributed by atoms with Gasteiger partial charge in [-0.1, -0.05) is 0 Å². The fourth-order valence-corrected chi connectivity index (χ4v) is 2.61. The van der Waals surface area contributed by atoms with Crippen LogP contribution in [-0.2, 0) is 16.1 Å². The van der Waals surface area contributed by atoms with Crippen LogP contribution < -0.4 is 5.32 Å². The topological polar surface area (TPSA) is 79.6 Å². The molecule has 1 amide bonds. The van der Waals surface area contributed by atoms with E-state index < -0.39 is 0 Å². The summed E-state index contributed by atoms with van der Waals surface area (Å²) >= 11 is 0. The molecule has 0 radical (unpaired) electrons. The Morgan fingerprint density at radius 1 is 1.52 bits per heavy atom. The van der Waals surface area contributed by atoms with Crippen LogP contribution in [-0.4, -0.2) is 64.6 Å². The van der Waals surface area contributed by atoms with Gasteiger partial charge in [0.05, 0.1) is 49.5 Å². The molecule has 1 aliphatic heterocycles. The number of nitrogens with zero attached hydrogens (tertiary/aromatic N) is 3. The standard InChI is InChI=1S/C14H24N4O3/c1-4-18-11(3)14(10(2)16-18)15-13(20)7-17-5-6-21-9-12(17)8-19/h12,19H,4-9H2,1-3H3,(H,15,20)/t12-/m1/s1. The van der Waals surface area contributed by atoms with E-state index in [1.165, 1.54) is 0 Å². The summed E-state index contributed by atoms with van der Waals surface area (Å²) in [5.41, 5.74) is 2.57. The van der Waals surface area contributed by atoms with Crippen molar-refractivity contribution in [3.63, 3.8) is 0 Å². The molecule has 1 aromatic heterocycles. The minimum absolute atomic E-state index is 0.000890. The average molecular weight is 296 g/mol. The summed E-state index contributed by atoms with van der Waals surface area (Å²) in [4.78, 5) is 14.2. The molecule has 0 aliphatic carbocycles. The van der Waals surface area contributed by atoms with Gasteiger partial charge in [0.25, 0.3) is 0 Å². The molecule has 7 nitrogen and oxygen atoms in total. The fourth-order valence-electron chi connectivity index (χ4n) is 2.61. The molecule has 1 atom stereocenters. The van der Waals surface area contributed by atoms with E-state index in [9.17, 15) is 9.90 Å². The van der Waals surface area contributed by atoms with E-state index in [2.05, 4.69) is 10.4 Å². The van der Waals surface area contributed by atoms with Crippen LogP contribution in [0, 0.1) is 13.8 Å². The molecule has 0 saturated carbocycles. The molecule has 21 heavy (non-hydrogen) atoms. The summed E-state index contributed by atoms with van der Waals surface area (Å²) in [6.45, 7) is 8.60. The van der Waals surface area contributed by atoms with Gasteiger partial charge in [-0.15, -0.1) is 0 Å². The maximum Gasteiger partial charge on any atom is 0.238 e. The molecule has 7 heteroatoms. The number of hydrogen-bond donors (Lipinski definition) is 2. The number of carbonyl (C=O) groups is 1. The van der Waals surface area contributed by atoms with E-state index in [0.717, 1.165) is 23.6 Å². The summed E-state index contributed by atoms with van der Waals surface area (Å²) in [6.07, 6.45) is 0. The number of rotatable bonds is 5. The van der Waals surface area contributed by atoms with Crippen molar-refractivity contribution in [1.29, 1.82) is 0 Å². The van der Waals surface area contributed by atoms with Crippen LogP contribution in [0.4, 0.5) is 5.69 Å². The monoisotopic (exact) mass is 296 g/mol. The molecule has 118 valence electrons. The van der Waals surface area contributed by atoms with Crippen molar-refractivity contribution in [3.8, 4) is 0 Å². The van der Waals surface area contributed by atoms with Gasteiger partial charge in [-0.05, 0) is 20.8 Å². The van der Waals surface area contributed by atoms with Gasteiger partial charge in [0.2, 0.25) is 5.91 Å². The lowest BCUT2D eigenvalue weighted by atomic mass is 10.2. The Bertz CT molecular complexity index is 501. The zero-order valence-electron chi connectivity index (χ0n) is 12.9. The highest BCUT2D eigenvalue weighted by molar-refractivity contribution is 5.93. The Morgan fingerprint density at radius 2 is 2.29 bits per heavy atom. The first-order valence-electron chi connectivity index (χ1n) is 7.33. The second kappa shape index (κ2) is 7.02. The fraction of sp³-hybridized carbons (Fsp3) is 0.714. The SMILES string of the molecule is CCn1nc(C)c(NC(=O)CN2CCOC[C@H]2CO)c1C. The van der Waals surface area contributed by atoms with E-state index in [4.69, 9.17) is 4.74 Å². The highest BCUT2D eigenvalue weighted by Gasteiger charge is 2.24. The summed E-state index contributed by atoms with van der Waals surface area (Å²) in [6, 6.07) is -0.106. The van der Waals surface area contributed by atoms with Crippen LogP contribution >= 0.6 is 0 Å². The molecule has 2 rings (SSSR count). The smallest absolute Gasteiger partial charge is 0.238 e. The highest BCUT2D eigenvalue weighted by Crippen LogP contribution is 2.19. The average Bonchev–Trinajstić information content (AvgIpc) is 2.75. The van der Waals surface area contributed by atoms with Crippen LogP contribution in [0.15, 0.2) is 0 Å². The van der Waals surface area contributed by atoms with Crippen LogP contribution in [0.25, 0.3) is 0 Å². The first-order chi connectivity index (χ1) is 10.1. The van der Waals surface area contributed by atoms with Gasteiger partial charge in [-0.2, -0.15) is 5.10 Å².